The number of aliphatic carboxylic acids is 1. The van der Waals surface area contributed by atoms with E-state index < -0.39 is 11.8 Å². The molecule has 0 radical (unpaired) electrons. The number of aromatic nitrogens is 3. The van der Waals surface area contributed by atoms with Crippen molar-refractivity contribution in [2.45, 2.75) is 6.42 Å². The maximum absolute atomic E-state index is 13.2. The molecule has 0 fully saturated rings. The van der Waals surface area contributed by atoms with Gasteiger partial charge in [-0.05, 0) is 12.1 Å². The maximum Gasteiger partial charge on any atom is 0.309 e. The molecule has 0 amide bonds. The van der Waals surface area contributed by atoms with Crippen LogP contribution in [-0.2, 0) is 11.2 Å². The maximum atomic E-state index is 13.2. The van der Waals surface area contributed by atoms with Gasteiger partial charge in [0.2, 0.25) is 0 Å². The molecular formula is C10H6Cl2FN3O2. The van der Waals surface area contributed by atoms with E-state index in [4.69, 9.17) is 28.3 Å². The van der Waals surface area contributed by atoms with Crippen molar-refractivity contribution in [2.75, 3.05) is 0 Å². The molecule has 0 spiro atoms. The Morgan fingerprint density at radius 1 is 1.39 bits per heavy atom. The zero-order valence-electron chi connectivity index (χ0n) is 8.77. The lowest BCUT2D eigenvalue weighted by Crippen LogP contribution is -2.00. The van der Waals surface area contributed by atoms with E-state index in [0.29, 0.717) is 5.69 Å². The molecule has 0 aliphatic heterocycles. The van der Waals surface area contributed by atoms with E-state index in [0.717, 1.165) is 0 Å². The molecule has 8 heteroatoms. The average Bonchev–Trinajstić information content (AvgIpc) is 2.72. The first kappa shape index (κ1) is 12.8. The Balaban J connectivity index is 2.37. The van der Waals surface area contributed by atoms with E-state index >= 15 is 0 Å². The topological polar surface area (TPSA) is 68.0 Å². The van der Waals surface area contributed by atoms with Crippen LogP contribution in [0.2, 0.25) is 10.0 Å². The van der Waals surface area contributed by atoms with Crippen LogP contribution in [0.25, 0.3) is 5.69 Å². The van der Waals surface area contributed by atoms with E-state index in [1.165, 1.54) is 23.0 Å². The summed E-state index contributed by atoms with van der Waals surface area (Å²) >= 11 is 11.3. The molecule has 94 valence electrons. The molecule has 2 rings (SSSR count). The van der Waals surface area contributed by atoms with Gasteiger partial charge in [-0.25, -0.2) is 9.07 Å². The van der Waals surface area contributed by atoms with Gasteiger partial charge in [-0.1, -0.05) is 28.4 Å². The second-order valence-corrected chi connectivity index (χ2v) is 4.26. The highest BCUT2D eigenvalue weighted by molar-refractivity contribution is 6.35. The van der Waals surface area contributed by atoms with Crippen molar-refractivity contribution in [3.05, 3.63) is 39.9 Å². The third-order valence-corrected chi connectivity index (χ3v) is 2.66. The predicted octanol–water partition coefficient (Wildman–Crippen LogP) is 2.34. The SMILES string of the molecule is O=C(O)Cc1cn(-c2cc(Cl)c(F)c(Cl)c2)nn1. The Labute approximate surface area is 111 Å². The molecule has 1 N–H and O–H groups in total. The largest absolute Gasteiger partial charge is 0.481 e. The van der Waals surface area contributed by atoms with Gasteiger partial charge in [0.05, 0.1) is 34.0 Å². The summed E-state index contributed by atoms with van der Waals surface area (Å²) in [5.41, 5.74) is 0.676. The van der Waals surface area contributed by atoms with Gasteiger partial charge < -0.3 is 5.11 Å². The van der Waals surface area contributed by atoms with Gasteiger partial charge in [0.15, 0.2) is 5.82 Å². The number of nitrogens with zero attached hydrogens (tertiary/aromatic N) is 3. The molecule has 0 unspecified atom stereocenters. The Morgan fingerprint density at radius 3 is 2.56 bits per heavy atom. The van der Waals surface area contributed by atoms with Crippen LogP contribution < -0.4 is 0 Å². The number of carboxylic acid groups (broad SMARTS) is 1. The van der Waals surface area contributed by atoms with Crippen molar-refractivity contribution in [3.63, 3.8) is 0 Å². The lowest BCUT2D eigenvalue weighted by Gasteiger charge is -2.03. The number of carboxylic acids is 1. The summed E-state index contributed by atoms with van der Waals surface area (Å²) < 4.78 is 14.5. The van der Waals surface area contributed by atoms with Crippen LogP contribution in [0.1, 0.15) is 5.69 Å². The fraction of sp³-hybridized carbons (Fsp3) is 0.100. The number of benzene rings is 1. The standard InChI is InChI=1S/C10H6Cl2FN3O2/c11-7-2-6(3-8(12)10(7)13)16-4-5(14-15-16)1-9(17)18/h2-4H,1H2,(H,17,18). The minimum Gasteiger partial charge on any atom is -0.481 e. The summed E-state index contributed by atoms with van der Waals surface area (Å²) in [6, 6.07) is 2.64. The van der Waals surface area contributed by atoms with E-state index in [1.54, 1.807) is 0 Å². The number of carbonyl (C=O) groups is 1. The smallest absolute Gasteiger partial charge is 0.309 e. The van der Waals surface area contributed by atoms with Gasteiger partial charge in [0.1, 0.15) is 0 Å². The summed E-state index contributed by atoms with van der Waals surface area (Å²) in [6.07, 6.45) is 1.16. The highest BCUT2D eigenvalue weighted by Gasteiger charge is 2.11. The third-order valence-electron chi connectivity index (χ3n) is 2.11. The second kappa shape index (κ2) is 4.91. The molecule has 0 saturated heterocycles. The van der Waals surface area contributed by atoms with Gasteiger partial charge in [-0.3, -0.25) is 4.79 Å². The van der Waals surface area contributed by atoms with Crippen molar-refractivity contribution in [1.82, 2.24) is 15.0 Å². The molecule has 0 saturated carbocycles. The van der Waals surface area contributed by atoms with Crippen LogP contribution in [-0.4, -0.2) is 26.1 Å². The van der Waals surface area contributed by atoms with Gasteiger partial charge in [-0.15, -0.1) is 5.10 Å². The first-order chi connectivity index (χ1) is 8.47. The number of halogens is 3. The Bertz CT molecular complexity index is 592. The summed E-state index contributed by atoms with van der Waals surface area (Å²) in [6.45, 7) is 0. The fourth-order valence-electron chi connectivity index (χ4n) is 1.33. The van der Waals surface area contributed by atoms with E-state index in [2.05, 4.69) is 10.3 Å². The highest BCUT2D eigenvalue weighted by atomic mass is 35.5. The number of hydrogen-bond acceptors (Lipinski definition) is 3. The molecule has 1 aromatic heterocycles. The number of rotatable bonds is 3. The van der Waals surface area contributed by atoms with Gasteiger partial charge in [0, 0.05) is 0 Å². The summed E-state index contributed by atoms with van der Waals surface area (Å²) in [7, 11) is 0. The Kier molecular flexibility index (Phi) is 3.49. The van der Waals surface area contributed by atoms with Gasteiger partial charge >= 0.3 is 5.97 Å². The monoisotopic (exact) mass is 289 g/mol. The molecular weight excluding hydrogens is 284 g/mol. The van der Waals surface area contributed by atoms with E-state index in [-0.39, 0.29) is 22.2 Å². The molecule has 5 nitrogen and oxygen atoms in total. The molecule has 0 atom stereocenters. The quantitative estimate of drug-likeness (QED) is 0.881. The van der Waals surface area contributed by atoms with Crippen molar-refractivity contribution >= 4 is 29.2 Å². The fourth-order valence-corrected chi connectivity index (χ4v) is 1.81. The van der Waals surface area contributed by atoms with E-state index in [1.807, 2.05) is 0 Å². The molecule has 1 heterocycles. The number of hydrogen-bond donors (Lipinski definition) is 1. The van der Waals surface area contributed by atoms with Crippen molar-refractivity contribution in [2.24, 2.45) is 0 Å². The van der Waals surface area contributed by atoms with Crippen LogP contribution in [0.15, 0.2) is 18.3 Å². The second-order valence-electron chi connectivity index (χ2n) is 3.45. The van der Waals surface area contributed by atoms with Gasteiger partial charge in [0.25, 0.3) is 0 Å². The van der Waals surface area contributed by atoms with Crippen LogP contribution >= 0.6 is 23.2 Å². The minimum absolute atomic E-state index is 0.146. The molecule has 1 aromatic carbocycles. The third kappa shape index (κ3) is 2.60. The Hall–Kier alpha value is -1.66. The lowest BCUT2D eigenvalue weighted by molar-refractivity contribution is -0.136. The van der Waals surface area contributed by atoms with Crippen LogP contribution in [0.5, 0.6) is 0 Å². The summed E-state index contributed by atoms with van der Waals surface area (Å²) in [5.74, 6) is -1.73. The summed E-state index contributed by atoms with van der Waals surface area (Å²) in [4.78, 5) is 10.5. The molecule has 0 aliphatic rings. The Morgan fingerprint density at radius 2 is 2.00 bits per heavy atom. The molecule has 18 heavy (non-hydrogen) atoms. The zero-order chi connectivity index (χ0) is 13.3. The molecule has 2 aromatic rings. The summed E-state index contributed by atoms with van der Waals surface area (Å²) in [5, 5.41) is 15.7. The first-order valence-electron chi connectivity index (χ1n) is 4.75. The minimum atomic E-state index is -1.02. The van der Waals surface area contributed by atoms with Crippen molar-refractivity contribution in [1.29, 1.82) is 0 Å². The van der Waals surface area contributed by atoms with Crippen molar-refractivity contribution < 1.29 is 14.3 Å². The zero-order valence-corrected chi connectivity index (χ0v) is 10.3. The normalized spacial score (nSPS) is 10.6. The molecule has 0 aliphatic carbocycles. The average molecular weight is 290 g/mol. The lowest BCUT2D eigenvalue weighted by atomic mass is 10.3. The van der Waals surface area contributed by atoms with Crippen LogP contribution in [0.3, 0.4) is 0 Å². The molecule has 0 bridgehead atoms. The first-order valence-corrected chi connectivity index (χ1v) is 5.51. The highest BCUT2D eigenvalue weighted by Crippen LogP contribution is 2.26. The van der Waals surface area contributed by atoms with Crippen molar-refractivity contribution in [3.8, 4) is 5.69 Å². The predicted molar refractivity (Wildman–Crippen MR) is 62.7 cm³/mol. The van der Waals surface area contributed by atoms with Crippen LogP contribution in [0.4, 0.5) is 4.39 Å². The van der Waals surface area contributed by atoms with Gasteiger partial charge in [-0.2, -0.15) is 0 Å². The van der Waals surface area contributed by atoms with Crippen LogP contribution in [0, 0.1) is 5.82 Å². The van der Waals surface area contributed by atoms with E-state index in [9.17, 15) is 9.18 Å².